The first-order chi connectivity index (χ1) is 8.77. The van der Waals surface area contributed by atoms with Gasteiger partial charge < -0.3 is 5.11 Å². The summed E-state index contributed by atoms with van der Waals surface area (Å²) in [6, 6.07) is 10.6. The van der Waals surface area contributed by atoms with E-state index in [2.05, 4.69) is 9.98 Å². The van der Waals surface area contributed by atoms with E-state index in [1.807, 2.05) is 18.2 Å². The monoisotopic (exact) mass is 240 g/mol. The van der Waals surface area contributed by atoms with Crippen molar-refractivity contribution in [2.45, 2.75) is 6.54 Å². The Kier molecular flexibility index (Phi) is 3.81. The molecule has 1 heterocycles. The van der Waals surface area contributed by atoms with E-state index in [0.717, 1.165) is 5.56 Å². The van der Waals surface area contributed by atoms with Crippen molar-refractivity contribution in [3.05, 3.63) is 65.5 Å². The summed E-state index contributed by atoms with van der Waals surface area (Å²) in [5.41, 5.74) is 1.94. The van der Waals surface area contributed by atoms with Crippen LogP contribution in [0.25, 0.3) is 0 Å². The van der Waals surface area contributed by atoms with E-state index in [1.54, 1.807) is 36.8 Å². The van der Waals surface area contributed by atoms with E-state index in [1.165, 1.54) is 0 Å². The fraction of sp³-hybridized carbons (Fsp3) is 0.0714. The summed E-state index contributed by atoms with van der Waals surface area (Å²) in [4.78, 5) is 19.1. The van der Waals surface area contributed by atoms with Crippen LogP contribution < -0.4 is 0 Å². The van der Waals surface area contributed by atoms with Gasteiger partial charge in [0.05, 0.1) is 12.1 Å². The minimum atomic E-state index is -0.926. The van der Waals surface area contributed by atoms with Crippen LogP contribution in [-0.4, -0.2) is 22.3 Å². The molecule has 0 unspecified atom stereocenters. The molecular formula is C14H12N2O2. The minimum absolute atomic E-state index is 0.296. The predicted molar refractivity (Wildman–Crippen MR) is 68.9 cm³/mol. The topological polar surface area (TPSA) is 62.5 Å². The van der Waals surface area contributed by atoms with Gasteiger partial charge in [-0.1, -0.05) is 18.2 Å². The highest BCUT2D eigenvalue weighted by atomic mass is 16.4. The first-order valence-corrected chi connectivity index (χ1v) is 5.48. The Morgan fingerprint density at radius 3 is 2.67 bits per heavy atom. The van der Waals surface area contributed by atoms with Gasteiger partial charge in [-0.2, -0.15) is 0 Å². The number of hydrogen-bond donors (Lipinski definition) is 1. The number of nitrogens with zero attached hydrogens (tertiary/aromatic N) is 2. The zero-order chi connectivity index (χ0) is 12.8. The van der Waals surface area contributed by atoms with Crippen molar-refractivity contribution >= 4 is 12.2 Å². The Morgan fingerprint density at radius 2 is 1.94 bits per heavy atom. The minimum Gasteiger partial charge on any atom is -0.478 e. The molecule has 1 aromatic carbocycles. The highest BCUT2D eigenvalue weighted by molar-refractivity contribution is 5.89. The number of benzene rings is 1. The Labute approximate surface area is 105 Å². The van der Waals surface area contributed by atoms with Crippen molar-refractivity contribution in [3.8, 4) is 0 Å². The summed E-state index contributed by atoms with van der Waals surface area (Å²) in [6.45, 7) is 0.352. The first kappa shape index (κ1) is 12.0. The maximum atomic E-state index is 11.0. The van der Waals surface area contributed by atoms with Crippen LogP contribution in [0.1, 0.15) is 21.5 Å². The standard InChI is InChI=1S/C14H12N2O2/c17-14(18)13-4-2-1-3-12(13)10-16-9-11-5-7-15-8-6-11/h1-9H,10H2,(H,17,18)/b16-9+. The number of rotatable bonds is 4. The van der Waals surface area contributed by atoms with Gasteiger partial charge in [-0.3, -0.25) is 9.98 Å². The highest BCUT2D eigenvalue weighted by Crippen LogP contribution is 2.10. The Morgan fingerprint density at radius 1 is 1.22 bits per heavy atom. The molecule has 0 spiro atoms. The van der Waals surface area contributed by atoms with Crippen LogP contribution in [0.4, 0.5) is 0 Å². The lowest BCUT2D eigenvalue weighted by atomic mass is 10.1. The molecule has 0 aliphatic carbocycles. The molecule has 0 aliphatic rings. The summed E-state index contributed by atoms with van der Waals surface area (Å²) in [5, 5.41) is 9.02. The predicted octanol–water partition coefficient (Wildman–Crippen LogP) is 2.40. The van der Waals surface area contributed by atoms with Gasteiger partial charge in [0.15, 0.2) is 0 Å². The van der Waals surface area contributed by atoms with Crippen LogP contribution in [0, 0.1) is 0 Å². The molecule has 2 aromatic rings. The summed E-state index contributed by atoms with van der Waals surface area (Å²) in [6.07, 6.45) is 5.08. The van der Waals surface area contributed by atoms with Gasteiger partial charge in [0, 0.05) is 18.6 Å². The van der Waals surface area contributed by atoms with E-state index in [0.29, 0.717) is 17.7 Å². The van der Waals surface area contributed by atoms with Crippen molar-refractivity contribution in [1.82, 2.24) is 4.98 Å². The van der Waals surface area contributed by atoms with Crippen LogP contribution in [0.3, 0.4) is 0 Å². The molecule has 18 heavy (non-hydrogen) atoms. The molecule has 1 aromatic heterocycles. The lowest BCUT2D eigenvalue weighted by Gasteiger charge is -2.01. The fourth-order valence-corrected chi connectivity index (χ4v) is 1.57. The van der Waals surface area contributed by atoms with E-state index < -0.39 is 5.97 Å². The van der Waals surface area contributed by atoms with Gasteiger partial charge in [0.25, 0.3) is 0 Å². The third-order valence-corrected chi connectivity index (χ3v) is 2.46. The van der Waals surface area contributed by atoms with Crippen molar-refractivity contribution in [1.29, 1.82) is 0 Å². The molecule has 0 saturated heterocycles. The molecule has 0 atom stereocenters. The first-order valence-electron chi connectivity index (χ1n) is 5.48. The number of carbonyl (C=O) groups is 1. The third-order valence-electron chi connectivity index (χ3n) is 2.46. The second-order valence-electron chi connectivity index (χ2n) is 3.71. The Hall–Kier alpha value is -2.49. The zero-order valence-electron chi connectivity index (χ0n) is 9.65. The number of aromatic carboxylic acids is 1. The normalized spacial score (nSPS) is 10.7. The van der Waals surface area contributed by atoms with Gasteiger partial charge in [-0.05, 0) is 29.3 Å². The van der Waals surface area contributed by atoms with Crippen molar-refractivity contribution < 1.29 is 9.90 Å². The Balaban J connectivity index is 2.11. The van der Waals surface area contributed by atoms with Crippen molar-refractivity contribution in [2.75, 3.05) is 0 Å². The summed E-state index contributed by atoms with van der Waals surface area (Å²) >= 11 is 0. The summed E-state index contributed by atoms with van der Waals surface area (Å²) in [5.74, 6) is -0.926. The lowest BCUT2D eigenvalue weighted by Crippen LogP contribution is -2.01. The van der Waals surface area contributed by atoms with Gasteiger partial charge >= 0.3 is 5.97 Å². The largest absolute Gasteiger partial charge is 0.478 e. The summed E-state index contributed by atoms with van der Waals surface area (Å²) < 4.78 is 0. The maximum absolute atomic E-state index is 11.0. The van der Waals surface area contributed by atoms with Gasteiger partial charge in [0.2, 0.25) is 0 Å². The van der Waals surface area contributed by atoms with Crippen molar-refractivity contribution in [3.63, 3.8) is 0 Å². The molecule has 0 aliphatic heterocycles. The molecule has 0 bridgehead atoms. The molecule has 0 fully saturated rings. The molecule has 4 nitrogen and oxygen atoms in total. The van der Waals surface area contributed by atoms with Crippen LogP contribution in [-0.2, 0) is 6.54 Å². The number of hydrogen-bond acceptors (Lipinski definition) is 3. The van der Waals surface area contributed by atoms with E-state index in [-0.39, 0.29) is 0 Å². The SMILES string of the molecule is O=C(O)c1ccccc1C/N=C/c1ccncc1. The third kappa shape index (κ3) is 3.01. The number of pyridine rings is 1. The molecule has 0 radical (unpaired) electrons. The van der Waals surface area contributed by atoms with Crippen LogP contribution >= 0.6 is 0 Å². The van der Waals surface area contributed by atoms with Crippen LogP contribution in [0.15, 0.2) is 53.8 Å². The molecular weight excluding hydrogens is 228 g/mol. The Bertz CT molecular complexity index is 565. The molecule has 1 N–H and O–H groups in total. The van der Waals surface area contributed by atoms with Gasteiger partial charge in [0.1, 0.15) is 0 Å². The van der Waals surface area contributed by atoms with Crippen LogP contribution in [0.2, 0.25) is 0 Å². The van der Waals surface area contributed by atoms with Crippen molar-refractivity contribution in [2.24, 2.45) is 4.99 Å². The van der Waals surface area contributed by atoms with Gasteiger partial charge in [-0.25, -0.2) is 4.79 Å². The number of aliphatic imine (C=N–C) groups is 1. The lowest BCUT2D eigenvalue weighted by molar-refractivity contribution is 0.0695. The van der Waals surface area contributed by atoms with Crippen LogP contribution in [0.5, 0.6) is 0 Å². The smallest absolute Gasteiger partial charge is 0.336 e. The maximum Gasteiger partial charge on any atom is 0.336 e. The summed E-state index contributed by atoms with van der Waals surface area (Å²) in [7, 11) is 0. The molecule has 0 amide bonds. The van der Waals surface area contributed by atoms with E-state index in [9.17, 15) is 4.79 Å². The second kappa shape index (κ2) is 5.72. The quantitative estimate of drug-likeness (QED) is 0.834. The fourth-order valence-electron chi connectivity index (χ4n) is 1.57. The highest BCUT2D eigenvalue weighted by Gasteiger charge is 2.07. The number of aromatic nitrogens is 1. The van der Waals surface area contributed by atoms with Gasteiger partial charge in [-0.15, -0.1) is 0 Å². The van der Waals surface area contributed by atoms with E-state index in [4.69, 9.17) is 5.11 Å². The molecule has 0 saturated carbocycles. The average molecular weight is 240 g/mol. The number of carboxylic acid groups (broad SMARTS) is 1. The average Bonchev–Trinajstić information content (AvgIpc) is 2.40. The molecule has 2 rings (SSSR count). The van der Waals surface area contributed by atoms with E-state index >= 15 is 0 Å². The molecule has 90 valence electrons. The second-order valence-corrected chi connectivity index (χ2v) is 3.71. The zero-order valence-corrected chi connectivity index (χ0v) is 9.65. The number of carboxylic acids is 1. The molecule has 4 heteroatoms.